The van der Waals surface area contributed by atoms with Crippen molar-refractivity contribution < 1.29 is 0 Å². The number of aryl methyl sites for hydroxylation is 1. The molecule has 170 valence electrons. The van der Waals surface area contributed by atoms with E-state index in [0.29, 0.717) is 0 Å². The molecule has 0 saturated carbocycles. The van der Waals surface area contributed by atoms with Crippen LogP contribution < -0.4 is 10.6 Å². The normalized spacial score (nSPS) is 10.4. The first-order valence-electron chi connectivity index (χ1n) is 11.0. The van der Waals surface area contributed by atoms with Crippen LogP contribution in [0.25, 0.3) is 22.1 Å². The lowest BCUT2D eigenvalue weighted by Crippen LogP contribution is -1.95. The Morgan fingerprint density at radius 2 is 1.09 bits per heavy atom. The Bertz CT molecular complexity index is 1570. The Kier molecular flexibility index (Phi) is 6.43. The first kappa shape index (κ1) is 21.8. The predicted octanol–water partition coefficient (Wildman–Crippen LogP) is 5.85. The van der Waals surface area contributed by atoms with E-state index in [0.717, 1.165) is 50.8 Å². The summed E-state index contributed by atoms with van der Waals surface area (Å²) in [4.78, 5) is 25.6. The summed E-state index contributed by atoms with van der Waals surface area (Å²) in [6.45, 7) is 1.96. The fourth-order valence-electron chi connectivity index (χ4n) is 3.41. The van der Waals surface area contributed by atoms with Gasteiger partial charge in [-0.3, -0.25) is 19.9 Å². The van der Waals surface area contributed by atoms with Gasteiger partial charge in [-0.15, -0.1) is 0 Å². The number of rotatable bonds is 4. The molecule has 2 N–H and O–H groups in total. The van der Waals surface area contributed by atoms with Crippen LogP contribution in [-0.4, -0.2) is 29.9 Å². The minimum absolute atomic E-state index is 0.803. The second-order valence-electron chi connectivity index (χ2n) is 7.65. The molecule has 6 aromatic rings. The van der Waals surface area contributed by atoms with Gasteiger partial charge in [0.25, 0.3) is 0 Å². The van der Waals surface area contributed by atoms with Crippen molar-refractivity contribution in [2.24, 2.45) is 0 Å². The topological polar surface area (TPSA) is 101 Å². The lowest BCUT2D eigenvalue weighted by molar-refractivity contribution is 1.20. The third-order valence-corrected chi connectivity index (χ3v) is 5.03. The molecule has 0 aromatic carbocycles. The lowest BCUT2D eigenvalue weighted by Gasteiger charge is -2.06. The number of pyridine rings is 6. The van der Waals surface area contributed by atoms with Gasteiger partial charge in [-0.25, -0.2) is 9.97 Å². The number of nitrogens with one attached hydrogen (secondary N) is 2. The zero-order valence-corrected chi connectivity index (χ0v) is 19.0. The Balaban J connectivity index is 0.000000145. The summed E-state index contributed by atoms with van der Waals surface area (Å²) < 4.78 is 0. The molecule has 8 heteroatoms. The van der Waals surface area contributed by atoms with Gasteiger partial charge in [0.1, 0.15) is 11.6 Å². The number of fused-ring (bicyclic) bond motifs is 2. The van der Waals surface area contributed by atoms with Crippen molar-refractivity contribution in [2.75, 3.05) is 10.6 Å². The van der Waals surface area contributed by atoms with Gasteiger partial charge in [-0.05, 0) is 79.7 Å². The van der Waals surface area contributed by atoms with E-state index in [1.165, 1.54) is 0 Å². The van der Waals surface area contributed by atoms with Gasteiger partial charge < -0.3 is 10.6 Å². The molecule has 0 radical (unpaired) electrons. The molecule has 0 aliphatic heterocycles. The summed E-state index contributed by atoms with van der Waals surface area (Å²) in [5.41, 5.74) is 6.48. The molecule has 8 nitrogen and oxygen atoms in total. The summed E-state index contributed by atoms with van der Waals surface area (Å²) in [5, 5.41) is 6.48. The van der Waals surface area contributed by atoms with E-state index in [9.17, 15) is 0 Å². The zero-order valence-electron chi connectivity index (χ0n) is 19.0. The molecule has 0 saturated heterocycles. The number of hydrogen-bond donors (Lipinski definition) is 2. The minimum atomic E-state index is 0.803. The highest BCUT2D eigenvalue weighted by Crippen LogP contribution is 2.18. The van der Waals surface area contributed by atoms with Gasteiger partial charge in [-0.2, -0.15) is 0 Å². The van der Waals surface area contributed by atoms with Gasteiger partial charge in [0.15, 0.2) is 0 Å². The van der Waals surface area contributed by atoms with E-state index >= 15 is 0 Å². The SMILES string of the molecule is Cc1cc(Nc2ccc3ncccc3n2)ccn1.c1cnc2ccc(Nc3ccncc3)nc2c1. The maximum atomic E-state index is 4.51. The number of nitrogens with zero attached hydrogens (tertiary/aromatic N) is 6. The number of anilines is 4. The molecule has 0 unspecified atom stereocenters. The maximum absolute atomic E-state index is 4.51. The third-order valence-electron chi connectivity index (χ3n) is 5.03. The van der Waals surface area contributed by atoms with Gasteiger partial charge in [0.2, 0.25) is 0 Å². The van der Waals surface area contributed by atoms with Gasteiger partial charge in [-0.1, -0.05) is 0 Å². The van der Waals surface area contributed by atoms with Crippen LogP contribution in [0, 0.1) is 6.92 Å². The average molecular weight is 459 g/mol. The molecular weight excluding hydrogens is 436 g/mol. The van der Waals surface area contributed by atoms with Crippen LogP contribution in [0.15, 0.2) is 104 Å². The van der Waals surface area contributed by atoms with Crippen molar-refractivity contribution in [3.63, 3.8) is 0 Å². The van der Waals surface area contributed by atoms with Gasteiger partial charge in [0.05, 0.1) is 22.1 Å². The van der Waals surface area contributed by atoms with Crippen LogP contribution in [0.2, 0.25) is 0 Å². The summed E-state index contributed by atoms with van der Waals surface area (Å²) in [6, 6.07) is 23.1. The van der Waals surface area contributed by atoms with Crippen molar-refractivity contribution in [1.29, 1.82) is 0 Å². The average Bonchev–Trinajstić information content (AvgIpc) is 2.90. The lowest BCUT2D eigenvalue weighted by atomic mass is 10.3. The molecule has 0 bridgehead atoms. The Morgan fingerprint density at radius 3 is 1.69 bits per heavy atom. The zero-order chi connectivity index (χ0) is 23.9. The Labute approximate surface area is 202 Å². The summed E-state index contributed by atoms with van der Waals surface area (Å²) >= 11 is 0. The molecule has 6 rings (SSSR count). The fourth-order valence-corrected chi connectivity index (χ4v) is 3.41. The minimum Gasteiger partial charge on any atom is -0.340 e. The molecule has 35 heavy (non-hydrogen) atoms. The van der Waals surface area contributed by atoms with Crippen molar-refractivity contribution in [2.45, 2.75) is 6.92 Å². The van der Waals surface area contributed by atoms with Crippen LogP contribution >= 0.6 is 0 Å². The van der Waals surface area contributed by atoms with Crippen LogP contribution in [0.1, 0.15) is 5.69 Å². The standard InChI is InChI=1S/C14H12N4.C13H10N4/c1-10-9-11(6-8-15-10)17-14-5-4-12-13(18-14)3-2-7-16-12;1-2-12-11(15-7-1)3-4-13(17-12)16-10-5-8-14-9-6-10/h2-9H,1H3,(H,15,17,18);1-9H,(H,14,16,17). The maximum Gasteiger partial charge on any atom is 0.131 e. The van der Waals surface area contributed by atoms with E-state index in [4.69, 9.17) is 0 Å². The smallest absolute Gasteiger partial charge is 0.131 e. The van der Waals surface area contributed by atoms with Gasteiger partial charge in [0, 0.05) is 48.1 Å². The Hall–Kier alpha value is -4.98. The molecule has 0 amide bonds. The Morgan fingerprint density at radius 1 is 0.514 bits per heavy atom. The number of aromatic nitrogens is 6. The monoisotopic (exact) mass is 458 g/mol. The summed E-state index contributed by atoms with van der Waals surface area (Å²) in [5.74, 6) is 1.61. The van der Waals surface area contributed by atoms with Crippen molar-refractivity contribution in [1.82, 2.24) is 29.9 Å². The highest BCUT2D eigenvalue weighted by atomic mass is 15.0. The molecular formula is C27H22N8. The molecule has 0 atom stereocenters. The first-order valence-corrected chi connectivity index (χ1v) is 11.0. The largest absolute Gasteiger partial charge is 0.340 e. The highest BCUT2D eigenvalue weighted by molar-refractivity contribution is 5.77. The molecule has 6 heterocycles. The first-order chi connectivity index (χ1) is 17.2. The molecule has 0 aliphatic rings. The van der Waals surface area contributed by atoms with Gasteiger partial charge >= 0.3 is 0 Å². The quantitative estimate of drug-likeness (QED) is 0.339. The molecule has 0 aliphatic carbocycles. The van der Waals surface area contributed by atoms with Crippen molar-refractivity contribution >= 4 is 45.1 Å². The number of hydrogen-bond acceptors (Lipinski definition) is 8. The molecule has 0 fully saturated rings. The highest BCUT2D eigenvalue weighted by Gasteiger charge is 2.00. The second kappa shape index (κ2) is 10.3. The van der Waals surface area contributed by atoms with E-state index in [1.54, 1.807) is 31.0 Å². The fraction of sp³-hybridized carbons (Fsp3) is 0.0370. The molecule has 0 spiro atoms. The predicted molar refractivity (Wildman–Crippen MR) is 139 cm³/mol. The van der Waals surface area contributed by atoms with Crippen LogP contribution in [0.4, 0.5) is 23.0 Å². The van der Waals surface area contributed by atoms with E-state index in [-0.39, 0.29) is 0 Å². The molecule has 6 aromatic heterocycles. The summed E-state index contributed by atoms with van der Waals surface area (Å²) in [6.07, 6.45) is 8.79. The third kappa shape index (κ3) is 5.69. The van der Waals surface area contributed by atoms with Crippen molar-refractivity contribution in [3.8, 4) is 0 Å². The second-order valence-corrected chi connectivity index (χ2v) is 7.65. The van der Waals surface area contributed by atoms with Crippen molar-refractivity contribution in [3.05, 3.63) is 109 Å². The van der Waals surface area contributed by atoms with E-state index in [2.05, 4.69) is 40.5 Å². The van der Waals surface area contributed by atoms with E-state index < -0.39 is 0 Å². The van der Waals surface area contributed by atoms with Crippen LogP contribution in [-0.2, 0) is 0 Å². The van der Waals surface area contributed by atoms with E-state index in [1.807, 2.05) is 79.7 Å². The summed E-state index contributed by atoms with van der Waals surface area (Å²) in [7, 11) is 0. The van der Waals surface area contributed by atoms with Crippen LogP contribution in [0.3, 0.4) is 0 Å². The van der Waals surface area contributed by atoms with Crippen LogP contribution in [0.5, 0.6) is 0 Å².